The molecule has 0 aliphatic rings. The second-order valence-corrected chi connectivity index (χ2v) is 2.78. The van der Waals surface area contributed by atoms with Crippen LogP contribution in [0, 0.1) is 0 Å². The number of carbonyl (C=O) groups excluding carboxylic acids is 1. The van der Waals surface area contributed by atoms with Gasteiger partial charge in [0, 0.05) is 6.20 Å². The topological polar surface area (TPSA) is 110 Å². The number of H-pyrrole nitrogens is 1. The maximum absolute atomic E-state index is 11.5. The lowest BCUT2D eigenvalue weighted by molar-refractivity contribution is 0.102. The quantitative estimate of drug-likeness (QED) is 0.639. The number of anilines is 2. The Kier molecular flexibility index (Phi) is 2.28. The van der Waals surface area contributed by atoms with Crippen molar-refractivity contribution in [2.45, 2.75) is 0 Å². The molecule has 0 atom stereocenters. The lowest BCUT2D eigenvalue weighted by Crippen LogP contribution is -2.14. The molecule has 1 amide bonds. The number of rotatable bonds is 2. The Morgan fingerprint density at radius 3 is 2.87 bits per heavy atom. The first-order valence-electron chi connectivity index (χ1n) is 4.15. The van der Waals surface area contributed by atoms with Gasteiger partial charge in [-0.25, -0.2) is 0 Å². The van der Waals surface area contributed by atoms with Crippen LogP contribution in [0.2, 0.25) is 0 Å². The fraction of sp³-hybridized carbons (Fsp3) is 0. The number of carbonyl (C=O) groups is 1. The van der Waals surface area contributed by atoms with Gasteiger partial charge in [-0.1, -0.05) is 0 Å². The van der Waals surface area contributed by atoms with Crippen LogP contribution in [0.25, 0.3) is 0 Å². The second kappa shape index (κ2) is 3.74. The number of hydrogen-bond donors (Lipinski definition) is 3. The van der Waals surface area contributed by atoms with Crippen molar-refractivity contribution in [3.05, 3.63) is 30.2 Å². The molecule has 0 aromatic carbocycles. The van der Waals surface area contributed by atoms with Gasteiger partial charge in [0.2, 0.25) is 0 Å². The molecule has 7 heteroatoms. The van der Waals surface area contributed by atoms with Gasteiger partial charge < -0.3 is 11.1 Å². The molecule has 4 N–H and O–H groups in total. The molecule has 0 aliphatic carbocycles. The molecule has 0 aliphatic heterocycles. The Morgan fingerprint density at radius 2 is 2.27 bits per heavy atom. The van der Waals surface area contributed by atoms with Crippen molar-refractivity contribution in [2.75, 3.05) is 11.1 Å². The van der Waals surface area contributed by atoms with Gasteiger partial charge in [-0.3, -0.25) is 9.89 Å². The molecule has 0 spiro atoms. The number of aromatic amines is 1. The molecule has 0 bridgehead atoms. The van der Waals surface area contributed by atoms with E-state index in [-0.39, 0.29) is 17.4 Å². The average molecular weight is 204 g/mol. The number of aromatic nitrogens is 4. The maximum atomic E-state index is 11.5. The first-order valence-corrected chi connectivity index (χ1v) is 4.15. The lowest BCUT2D eigenvalue weighted by Gasteiger charge is -2.00. The van der Waals surface area contributed by atoms with E-state index >= 15 is 0 Å². The molecule has 0 radical (unpaired) electrons. The van der Waals surface area contributed by atoms with Gasteiger partial charge in [-0.2, -0.15) is 5.10 Å². The molecule has 2 aromatic rings. The Morgan fingerprint density at radius 1 is 1.40 bits per heavy atom. The predicted molar refractivity (Wildman–Crippen MR) is 53.0 cm³/mol. The largest absolute Gasteiger partial charge is 0.382 e. The zero-order valence-electron chi connectivity index (χ0n) is 7.64. The summed E-state index contributed by atoms with van der Waals surface area (Å²) < 4.78 is 0. The van der Waals surface area contributed by atoms with Crippen molar-refractivity contribution in [3.8, 4) is 0 Å². The summed E-state index contributed by atoms with van der Waals surface area (Å²) in [5, 5.41) is 16.1. The Hall–Kier alpha value is -2.44. The van der Waals surface area contributed by atoms with Crippen molar-refractivity contribution in [3.63, 3.8) is 0 Å². The molecular formula is C8H8N6O. The third-order valence-electron chi connectivity index (χ3n) is 1.67. The minimum atomic E-state index is -0.357. The van der Waals surface area contributed by atoms with Crippen LogP contribution in [-0.4, -0.2) is 26.3 Å². The molecule has 0 unspecified atom stereocenters. The zero-order valence-corrected chi connectivity index (χ0v) is 7.64. The first kappa shape index (κ1) is 9.13. The van der Waals surface area contributed by atoms with Crippen LogP contribution in [0.3, 0.4) is 0 Å². The summed E-state index contributed by atoms with van der Waals surface area (Å²) in [5.41, 5.74) is 6.11. The minimum absolute atomic E-state index is 0.199. The monoisotopic (exact) mass is 204 g/mol. The fourth-order valence-electron chi connectivity index (χ4n) is 0.978. The van der Waals surface area contributed by atoms with Crippen LogP contribution in [-0.2, 0) is 0 Å². The van der Waals surface area contributed by atoms with E-state index in [0.29, 0.717) is 5.69 Å². The van der Waals surface area contributed by atoms with E-state index in [9.17, 15) is 4.79 Å². The molecular weight excluding hydrogens is 196 g/mol. The van der Waals surface area contributed by atoms with Gasteiger partial charge >= 0.3 is 0 Å². The molecule has 76 valence electrons. The highest BCUT2D eigenvalue weighted by molar-refractivity contribution is 6.02. The molecule has 2 aromatic heterocycles. The van der Waals surface area contributed by atoms with E-state index in [0.717, 1.165) is 0 Å². The summed E-state index contributed by atoms with van der Waals surface area (Å²) in [6.45, 7) is 0. The van der Waals surface area contributed by atoms with Gasteiger partial charge in [-0.15, -0.1) is 10.2 Å². The van der Waals surface area contributed by atoms with Crippen molar-refractivity contribution in [1.29, 1.82) is 0 Å². The van der Waals surface area contributed by atoms with Crippen LogP contribution in [0.1, 0.15) is 10.5 Å². The van der Waals surface area contributed by atoms with Gasteiger partial charge in [0.05, 0.1) is 11.9 Å². The average Bonchev–Trinajstić information content (AvgIpc) is 2.71. The number of hydrogen-bond acceptors (Lipinski definition) is 5. The Bertz CT molecular complexity index is 448. The van der Waals surface area contributed by atoms with E-state index in [2.05, 4.69) is 25.7 Å². The molecule has 2 heterocycles. The van der Waals surface area contributed by atoms with Gasteiger partial charge in [0.15, 0.2) is 5.69 Å². The van der Waals surface area contributed by atoms with Crippen molar-refractivity contribution >= 4 is 17.4 Å². The van der Waals surface area contributed by atoms with E-state index < -0.39 is 0 Å². The van der Waals surface area contributed by atoms with E-state index in [1.165, 1.54) is 18.3 Å². The van der Waals surface area contributed by atoms with E-state index in [1.54, 1.807) is 6.20 Å². The van der Waals surface area contributed by atoms with E-state index in [4.69, 9.17) is 5.73 Å². The number of nitrogens with zero attached hydrogens (tertiary/aromatic N) is 3. The summed E-state index contributed by atoms with van der Waals surface area (Å²) >= 11 is 0. The second-order valence-electron chi connectivity index (χ2n) is 2.78. The molecule has 0 saturated heterocycles. The molecule has 15 heavy (non-hydrogen) atoms. The van der Waals surface area contributed by atoms with Crippen LogP contribution in [0.15, 0.2) is 24.5 Å². The third kappa shape index (κ3) is 2.08. The molecule has 2 rings (SSSR count). The number of nitrogens with one attached hydrogen (secondary N) is 2. The van der Waals surface area contributed by atoms with Crippen LogP contribution < -0.4 is 11.1 Å². The highest BCUT2D eigenvalue weighted by atomic mass is 16.1. The Balaban J connectivity index is 2.11. The molecule has 0 fully saturated rings. The normalized spacial score (nSPS) is 9.87. The van der Waals surface area contributed by atoms with Gasteiger partial charge in [-0.05, 0) is 12.1 Å². The number of amides is 1. The van der Waals surface area contributed by atoms with Gasteiger partial charge in [0.25, 0.3) is 5.91 Å². The predicted octanol–water partition coefficient (Wildman–Crippen LogP) is 0.0342. The fourth-order valence-corrected chi connectivity index (χ4v) is 0.978. The highest BCUT2D eigenvalue weighted by Crippen LogP contribution is 2.04. The van der Waals surface area contributed by atoms with Crippen LogP contribution >= 0.6 is 0 Å². The summed E-state index contributed by atoms with van der Waals surface area (Å²) in [6, 6.07) is 3.01. The number of nitrogens with two attached hydrogens (primary N) is 1. The SMILES string of the molecule is Nc1ccc(C(=O)Nc2cn[nH]c2)nn1. The first-order chi connectivity index (χ1) is 7.25. The van der Waals surface area contributed by atoms with E-state index in [1.807, 2.05) is 0 Å². The zero-order chi connectivity index (χ0) is 10.7. The summed E-state index contributed by atoms with van der Waals surface area (Å²) in [6.07, 6.45) is 3.05. The van der Waals surface area contributed by atoms with Gasteiger partial charge in [0.1, 0.15) is 5.82 Å². The Labute approximate surface area is 84.7 Å². The summed E-state index contributed by atoms with van der Waals surface area (Å²) in [5.74, 6) is -0.0845. The summed E-state index contributed by atoms with van der Waals surface area (Å²) in [7, 11) is 0. The minimum Gasteiger partial charge on any atom is -0.382 e. The molecule has 7 nitrogen and oxygen atoms in total. The third-order valence-corrected chi connectivity index (χ3v) is 1.67. The molecule has 0 saturated carbocycles. The van der Waals surface area contributed by atoms with Crippen molar-refractivity contribution < 1.29 is 4.79 Å². The number of nitrogen functional groups attached to an aromatic ring is 1. The van der Waals surface area contributed by atoms with Crippen molar-refractivity contribution in [1.82, 2.24) is 20.4 Å². The van der Waals surface area contributed by atoms with Crippen molar-refractivity contribution in [2.24, 2.45) is 0 Å². The van der Waals surface area contributed by atoms with Crippen LogP contribution in [0.5, 0.6) is 0 Å². The lowest BCUT2D eigenvalue weighted by atomic mass is 10.3. The smallest absolute Gasteiger partial charge is 0.276 e. The maximum Gasteiger partial charge on any atom is 0.276 e. The standard InChI is InChI=1S/C8H8N6O/c9-7-2-1-6(13-14-7)8(15)12-5-3-10-11-4-5/h1-4H,(H2,9,14)(H,10,11)(H,12,15). The summed E-state index contributed by atoms with van der Waals surface area (Å²) in [4.78, 5) is 11.5. The van der Waals surface area contributed by atoms with Crippen LogP contribution in [0.4, 0.5) is 11.5 Å². The highest BCUT2D eigenvalue weighted by Gasteiger charge is 2.08.